The van der Waals surface area contributed by atoms with E-state index in [4.69, 9.17) is 4.74 Å². The van der Waals surface area contributed by atoms with Gasteiger partial charge in [0.1, 0.15) is 6.54 Å². The highest BCUT2D eigenvalue weighted by atomic mass is 32.2. The first-order valence-corrected chi connectivity index (χ1v) is 11.3. The zero-order chi connectivity index (χ0) is 25.1. The van der Waals surface area contributed by atoms with Crippen molar-refractivity contribution in [3.8, 4) is 0 Å². The molecular formula is C20H19F6N3O4S. The van der Waals surface area contributed by atoms with Crippen LogP contribution in [0.4, 0.5) is 42.5 Å². The maximum atomic E-state index is 12.9. The summed E-state index contributed by atoms with van der Waals surface area (Å²) in [6, 6.07) is 6.19. The second-order valence-electron chi connectivity index (χ2n) is 7.35. The third-order valence-electron chi connectivity index (χ3n) is 4.77. The van der Waals surface area contributed by atoms with Crippen LogP contribution in [0, 0.1) is 0 Å². The number of benzene rings is 2. The molecule has 0 radical (unpaired) electrons. The van der Waals surface area contributed by atoms with Crippen LogP contribution in [0.1, 0.15) is 30.1 Å². The molecular weight excluding hydrogens is 492 g/mol. The van der Waals surface area contributed by atoms with Crippen molar-refractivity contribution in [1.29, 1.82) is 0 Å². The van der Waals surface area contributed by atoms with Crippen LogP contribution in [-0.4, -0.2) is 33.8 Å². The summed E-state index contributed by atoms with van der Waals surface area (Å²) in [7, 11) is -4.58. The van der Waals surface area contributed by atoms with E-state index >= 15 is 0 Å². The molecule has 1 saturated heterocycles. The van der Waals surface area contributed by atoms with Gasteiger partial charge in [-0.25, -0.2) is 17.9 Å². The Morgan fingerprint density at radius 1 is 1.03 bits per heavy atom. The van der Waals surface area contributed by atoms with E-state index in [-0.39, 0.29) is 11.4 Å². The maximum Gasteiger partial charge on any atom is 0.416 e. The summed E-state index contributed by atoms with van der Waals surface area (Å²) in [5.74, 6) is 0. The number of urea groups is 1. The normalized spacial score (nSPS) is 16.9. The molecule has 2 amide bonds. The molecule has 1 aliphatic rings. The number of hydrogen-bond acceptors (Lipinski definition) is 4. The fourth-order valence-electron chi connectivity index (χ4n) is 3.23. The van der Waals surface area contributed by atoms with Crippen LogP contribution in [0.15, 0.2) is 47.4 Å². The van der Waals surface area contributed by atoms with Gasteiger partial charge in [0.15, 0.2) is 0 Å². The second kappa shape index (κ2) is 9.80. The molecule has 0 bridgehead atoms. The zero-order valence-corrected chi connectivity index (χ0v) is 18.1. The van der Waals surface area contributed by atoms with Gasteiger partial charge in [0, 0.05) is 23.5 Å². The van der Waals surface area contributed by atoms with E-state index in [1.807, 2.05) is 0 Å². The first kappa shape index (κ1) is 25.8. The Bertz CT molecular complexity index is 1150. The Balaban J connectivity index is 1.86. The van der Waals surface area contributed by atoms with Gasteiger partial charge < -0.3 is 15.4 Å². The Morgan fingerprint density at radius 2 is 1.76 bits per heavy atom. The molecule has 0 spiro atoms. The molecule has 0 aliphatic carbocycles. The van der Waals surface area contributed by atoms with Crippen molar-refractivity contribution in [3.05, 3.63) is 53.6 Å². The van der Waals surface area contributed by atoms with Crippen LogP contribution in [0.3, 0.4) is 0 Å². The minimum atomic E-state index is -4.78. The summed E-state index contributed by atoms with van der Waals surface area (Å²) in [5.41, 5.74) is -0.881. The highest BCUT2D eigenvalue weighted by molar-refractivity contribution is 7.89. The van der Waals surface area contributed by atoms with Crippen LogP contribution >= 0.6 is 0 Å². The Kier molecular flexibility index (Phi) is 7.43. The number of nitrogens with one attached hydrogen (secondary N) is 3. The largest absolute Gasteiger partial charge is 0.416 e. The molecule has 1 atom stereocenters. The van der Waals surface area contributed by atoms with Gasteiger partial charge in [0.2, 0.25) is 10.0 Å². The number of sulfonamides is 1. The minimum absolute atomic E-state index is 0.0775. The van der Waals surface area contributed by atoms with Gasteiger partial charge in [-0.1, -0.05) is 12.1 Å². The fraction of sp³-hybridized carbons (Fsp3) is 0.350. The molecule has 3 rings (SSSR count). The van der Waals surface area contributed by atoms with Crippen LogP contribution in [-0.2, 0) is 20.9 Å². The summed E-state index contributed by atoms with van der Waals surface area (Å²) in [5, 5.41) is 4.57. The van der Waals surface area contributed by atoms with Crippen LogP contribution in [0.5, 0.6) is 0 Å². The number of anilines is 2. The first-order chi connectivity index (χ1) is 15.7. The highest BCUT2D eigenvalue weighted by Crippen LogP contribution is 2.35. The van der Waals surface area contributed by atoms with Crippen molar-refractivity contribution >= 4 is 27.4 Å². The van der Waals surface area contributed by atoms with E-state index in [0.717, 1.165) is 24.3 Å². The topological polar surface area (TPSA) is 96.5 Å². The molecule has 1 aliphatic heterocycles. The molecule has 0 saturated carbocycles. The lowest BCUT2D eigenvalue weighted by Crippen LogP contribution is -2.33. The number of alkyl halides is 6. The lowest BCUT2D eigenvalue weighted by molar-refractivity contribution is -0.137. The minimum Gasteiger partial charge on any atom is -0.373 e. The van der Waals surface area contributed by atoms with Gasteiger partial charge in [0.05, 0.1) is 16.6 Å². The van der Waals surface area contributed by atoms with Crippen LogP contribution < -0.4 is 15.4 Å². The van der Waals surface area contributed by atoms with Gasteiger partial charge in [-0.05, 0) is 43.2 Å². The molecule has 1 fully saturated rings. The van der Waals surface area contributed by atoms with Gasteiger partial charge in [-0.15, -0.1) is 0 Å². The van der Waals surface area contributed by atoms with E-state index in [1.54, 1.807) is 0 Å². The van der Waals surface area contributed by atoms with Crippen molar-refractivity contribution < 1.29 is 44.3 Å². The molecule has 186 valence electrons. The lowest BCUT2D eigenvalue weighted by atomic mass is 10.0. The van der Waals surface area contributed by atoms with Crippen molar-refractivity contribution in [2.24, 2.45) is 0 Å². The molecule has 0 aromatic heterocycles. The van der Waals surface area contributed by atoms with Crippen molar-refractivity contribution in [3.63, 3.8) is 0 Å². The monoisotopic (exact) mass is 511 g/mol. The van der Waals surface area contributed by atoms with Crippen molar-refractivity contribution in [2.75, 3.05) is 23.8 Å². The van der Waals surface area contributed by atoms with E-state index in [1.165, 1.54) is 16.9 Å². The number of rotatable bonds is 6. The van der Waals surface area contributed by atoms with Crippen LogP contribution in [0.25, 0.3) is 0 Å². The van der Waals surface area contributed by atoms with E-state index in [0.29, 0.717) is 31.1 Å². The molecule has 1 heterocycles. The summed E-state index contributed by atoms with van der Waals surface area (Å²) in [6.45, 7) is -1.38. The molecule has 2 aromatic carbocycles. The molecule has 1 unspecified atom stereocenters. The molecule has 3 N–H and O–H groups in total. The quantitative estimate of drug-likeness (QED) is 0.474. The SMILES string of the molecule is O=C(Nc1cccc(C(F)(F)F)c1)Nc1cc(S(=O)(=O)NCC(F)(F)F)ccc1C1CCCO1. The third kappa shape index (κ3) is 6.84. The van der Waals surface area contributed by atoms with Gasteiger partial charge >= 0.3 is 18.4 Å². The predicted octanol–water partition coefficient (Wildman–Crippen LogP) is 5.04. The molecule has 34 heavy (non-hydrogen) atoms. The Labute approximate surface area is 190 Å². The summed E-state index contributed by atoms with van der Waals surface area (Å²) < 4.78 is 108. The second-order valence-corrected chi connectivity index (χ2v) is 9.12. The number of halogens is 6. The van der Waals surface area contributed by atoms with Crippen molar-refractivity contribution in [1.82, 2.24) is 4.72 Å². The summed E-state index contributed by atoms with van der Waals surface area (Å²) >= 11 is 0. The molecule has 14 heteroatoms. The molecule has 2 aromatic rings. The average Bonchev–Trinajstić information content (AvgIpc) is 3.26. The lowest BCUT2D eigenvalue weighted by Gasteiger charge is -2.18. The number of amides is 2. The van der Waals surface area contributed by atoms with E-state index < -0.39 is 51.5 Å². The third-order valence-corrected chi connectivity index (χ3v) is 6.17. The molecule has 7 nitrogen and oxygen atoms in total. The highest BCUT2D eigenvalue weighted by Gasteiger charge is 2.32. The predicted molar refractivity (Wildman–Crippen MR) is 110 cm³/mol. The standard InChI is InChI=1S/C20H19F6N3O4S/c21-19(22,23)11-27-34(31,32)14-6-7-15(17-5-2-8-33-17)16(10-14)29-18(30)28-13-4-1-3-12(9-13)20(24,25)26/h1,3-4,6-7,9-10,17,27H,2,5,8,11H2,(H2,28,29,30). The first-order valence-electron chi connectivity index (χ1n) is 9.82. The number of carbonyl (C=O) groups is 1. The fourth-order valence-corrected chi connectivity index (χ4v) is 4.27. The zero-order valence-electron chi connectivity index (χ0n) is 17.3. The summed E-state index contributed by atoms with van der Waals surface area (Å²) in [6.07, 6.45) is -8.69. The average molecular weight is 511 g/mol. The Hall–Kier alpha value is -2.84. The van der Waals surface area contributed by atoms with E-state index in [2.05, 4.69) is 10.6 Å². The van der Waals surface area contributed by atoms with Gasteiger partial charge in [0.25, 0.3) is 0 Å². The van der Waals surface area contributed by atoms with Crippen LogP contribution in [0.2, 0.25) is 0 Å². The smallest absolute Gasteiger partial charge is 0.373 e. The van der Waals surface area contributed by atoms with Crippen molar-refractivity contribution in [2.45, 2.75) is 36.2 Å². The Morgan fingerprint density at radius 3 is 2.38 bits per heavy atom. The van der Waals surface area contributed by atoms with Gasteiger partial charge in [-0.2, -0.15) is 26.3 Å². The summed E-state index contributed by atoms with van der Waals surface area (Å²) in [4.78, 5) is 11.9. The van der Waals surface area contributed by atoms with E-state index in [9.17, 15) is 39.6 Å². The van der Waals surface area contributed by atoms with Gasteiger partial charge in [-0.3, -0.25) is 0 Å². The number of ether oxygens (including phenoxy) is 1. The number of carbonyl (C=O) groups excluding carboxylic acids is 1. The maximum absolute atomic E-state index is 12.9. The number of hydrogen-bond donors (Lipinski definition) is 3.